The number of hydrogen-bond acceptors (Lipinski definition) is 6. The second-order valence-corrected chi connectivity index (χ2v) is 6.71. The molecule has 0 unspecified atom stereocenters. The summed E-state index contributed by atoms with van der Waals surface area (Å²) < 4.78 is 6.71. The van der Waals surface area contributed by atoms with Crippen molar-refractivity contribution in [1.29, 1.82) is 0 Å². The minimum absolute atomic E-state index is 0.00806. The number of carbonyl (C=O) groups excluding carboxylic acids is 1. The molecule has 1 aromatic carbocycles. The Hall–Kier alpha value is -1.86. The van der Waals surface area contributed by atoms with Gasteiger partial charge < -0.3 is 9.84 Å². The third-order valence-corrected chi connectivity index (χ3v) is 4.93. The standard InChI is InChI=1S/C16H18N2O4S/c1-10-9-13(15(21)22-10)23-16-17-12-6-3-2-5-11(12)14(20)18(16)7-4-8-19/h2-3,5-6,10,13,19H,4,7-9H2,1H3/t10-,13+/m1/s1. The number of ether oxygens (including phenoxy) is 1. The highest BCUT2D eigenvalue weighted by molar-refractivity contribution is 8.00. The molecule has 1 N–H and O–H groups in total. The largest absolute Gasteiger partial charge is 0.462 e. The Morgan fingerprint density at radius 3 is 2.87 bits per heavy atom. The van der Waals surface area contributed by atoms with E-state index in [0.29, 0.717) is 35.4 Å². The van der Waals surface area contributed by atoms with Crippen LogP contribution >= 0.6 is 11.8 Å². The van der Waals surface area contributed by atoms with Crippen LogP contribution in [0, 0.1) is 0 Å². The van der Waals surface area contributed by atoms with E-state index in [-0.39, 0.29) is 29.5 Å². The van der Waals surface area contributed by atoms with E-state index in [2.05, 4.69) is 4.98 Å². The number of carbonyl (C=O) groups is 1. The molecule has 2 heterocycles. The lowest BCUT2D eigenvalue weighted by Crippen LogP contribution is -2.25. The van der Waals surface area contributed by atoms with Gasteiger partial charge in [0.2, 0.25) is 0 Å². The summed E-state index contributed by atoms with van der Waals surface area (Å²) in [6, 6.07) is 7.14. The number of benzene rings is 1. The number of aliphatic hydroxyl groups excluding tert-OH is 1. The third-order valence-electron chi connectivity index (χ3n) is 3.74. The Kier molecular flexibility index (Phi) is 4.68. The zero-order chi connectivity index (χ0) is 16.4. The van der Waals surface area contributed by atoms with Crippen LogP contribution in [0.1, 0.15) is 19.8 Å². The lowest BCUT2D eigenvalue weighted by atomic mass is 10.2. The average Bonchev–Trinajstić information content (AvgIpc) is 2.85. The number of rotatable bonds is 5. The van der Waals surface area contributed by atoms with E-state index >= 15 is 0 Å². The molecule has 7 heteroatoms. The van der Waals surface area contributed by atoms with E-state index in [9.17, 15) is 9.59 Å². The molecule has 122 valence electrons. The van der Waals surface area contributed by atoms with E-state index in [1.54, 1.807) is 22.8 Å². The summed E-state index contributed by atoms with van der Waals surface area (Å²) in [5.41, 5.74) is 0.464. The molecule has 0 amide bonds. The Balaban J connectivity index is 2.03. The Morgan fingerprint density at radius 1 is 1.39 bits per heavy atom. The monoisotopic (exact) mass is 334 g/mol. The van der Waals surface area contributed by atoms with Crippen molar-refractivity contribution < 1.29 is 14.6 Å². The lowest BCUT2D eigenvalue weighted by Gasteiger charge is -2.14. The molecule has 1 aliphatic rings. The van der Waals surface area contributed by atoms with Crippen LogP contribution in [0.2, 0.25) is 0 Å². The molecular formula is C16H18N2O4S. The zero-order valence-electron chi connectivity index (χ0n) is 12.8. The highest BCUT2D eigenvalue weighted by atomic mass is 32.2. The molecule has 0 spiro atoms. The fourth-order valence-corrected chi connectivity index (χ4v) is 3.83. The molecule has 1 aromatic heterocycles. The van der Waals surface area contributed by atoms with Gasteiger partial charge in [-0.2, -0.15) is 0 Å². The van der Waals surface area contributed by atoms with Crippen LogP contribution in [0.4, 0.5) is 0 Å². The van der Waals surface area contributed by atoms with Crippen molar-refractivity contribution in [1.82, 2.24) is 9.55 Å². The number of thioether (sulfide) groups is 1. The molecule has 1 saturated heterocycles. The van der Waals surface area contributed by atoms with E-state index in [1.807, 2.05) is 13.0 Å². The minimum Gasteiger partial charge on any atom is -0.462 e. The van der Waals surface area contributed by atoms with Gasteiger partial charge in [-0.05, 0) is 25.5 Å². The van der Waals surface area contributed by atoms with Crippen molar-refractivity contribution in [2.24, 2.45) is 0 Å². The van der Waals surface area contributed by atoms with Gasteiger partial charge in [-0.3, -0.25) is 14.2 Å². The van der Waals surface area contributed by atoms with Crippen LogP contribution < -0.4 is 5.56 Å². The predicted octanol–water partition coefficient (Wildman–Crippen LogP) is 1.57. The van der Waals surface area contributed by atoms with Crippen LogP contribution in [-0.4, -0.2) is 38.6 Å². The highest BCUT2D eigenvalue weighted by Crippen LogP contribution is 2.31. The number of aliphatic hydroxyl groups is 1. The van der Waals surface area contributed by atoms with Crippen LogP contribution in [0.15, 0.2) is 34.2 Å². The predicted molar refractivity (Wildman–Crippen MR) is 87.5 cm³/mol. The number of hydrogen-bond donors (Lipinski definition) is 1. The van der Waals surface area contributed by atoms with Gasteiger partial charge in [-0.1, -0.05) is 23.9 Å². The molecule has 23 heavy (non-hydrogen) atoms. The van der Waals surface area contributed by atoms with Gasteiger partial charge in [0.25, 0.3) is 5.56 Å². The van der Waals surface area contributed by atoms with Crippen molar-refractivity contribution in [3.8, 4) is 0 Å². The summed E-state index contributed by atoms with van der Waals surface area (Å²) in [7, 11) is 0. The fourth-order valence-electron chi connectivity index (χ4n) is 2.61. The van der Waals surface area contributed by atoms with Gasteiger partial charge in [0, 0.05) is 19.6 Å². The van der Waals surface area contributed by atoms with E-state index in [4.69, 9.17) is 9.84 Å². The lowest BCUT2D eigenvalue weighted by molar-refractivity contribution is -0.140. The van der Waals surface area contributed by atoms with Crippen LogP contribution in [-0.2, 0) is 16.1 Å². The molecule has 1 fully saturated rings. The first-order valence-corrected chi connectivity index (χ1v) is 8.45. The van der Waals surface area contributed by atoms with Crippen molar-refractivity contribution in [2.75, 3.05) is 6.61 Å². The van der Waals surface area contributed by atoms with E-state index in [0.717, 1.165) is 0 Å². The summed E-state index contributed by atoms with van der Waals surface area (Å²) in [6.45, 7) is 2.21. The first kappa shape index (κ1) is 16.0. The van der Waals surface area contributed by atoms with Gasteiger partial charge in [0.05, 0.1) is 10.9 Å². The van der Waals surface area contributed by atoms with Gasteiger partial charge in [0.1, 0.15) is 11.4 Å². The van der Waals surface area contributed by atoms with E-state index < -0.39 is 0 Å². The van der Waals surface area contributed by atoms with Gasteiger partial charge >= 0.3 is 5.97 Å². The van der Waals surface area contributed by atoms with Gasteiger partial charge in [-0.15, -0.1) is 0 Å². The zero-order valence-corrected chi connectivity index (χ0v) is 13.6. The van der Waals surface area contributed by atoms with Crippen LogP contribution in [0.5, 0.6) is 0 Å². The summed E-state index contributed by atoms with van der Waals surface area (Å²) in [5.74, 6) is -0.265. The number of cyclic esters (lactones) is 1. The number of para-hydroxylation sites is 1. The molecule has 2 atom stereocenters. The second kappa shape index (κ2) is 6.72. The smallest absolute Gasteiger partial charge is 0.319 e. The van der Waals surface area contributed by atoms with Crippen molar-refractivity contribution in [2.45, 2.75) is 42.8 Å². The minimum atomic E-state index is -0.349. The van der Waals surface area contributed by atoms with Gasteiger partial charge in [0.15, 0.2) is 5.16 Å². The SMILES string of the molecule is C[C@@H]1C[C@H](Sc2nc3ccccc3c(=O)n2CCCO)C(=O)O1. The molecule has 6 nitrogen and oxygen atoms in total. The molecule has 0 radical (unpaired) electrons. The molecule has 3 rings (SSSR count). The molecule has 0 bridgehead atoms. The maximum absolute atomic E-state index is 12.7. The summed E-state index contributed by atoms with van der Waals surface area (Å²) in [4.78, 5) is 29.1. The summed E-state index contributed by atoms with van der Waals surface area (Å²) >= 11 is 1.26. The number of fused-ring (bicyclic) bond motifs is 1. The maximum Gasteiger partial charge on any atom is 0.319 e. The topological polar surface area (TPSA) is 81.4 Å². The number of nitrogens with zero attached hydrogens (tertiary/aromatic N) is 2. The van der Waals surface area contributed by atoms with Crippen LogP contribution in [0.3, 0.4) is 0 Å². The van der Waals surface area contributed by atoms with Crippen LogP contribution in [0.25, 0.3) is 10.9 Å². The molecule has 1 aliphatic heterocycles. The molecule has 2 aromatic rings. The van der Waals surface area contributed by atoms with Gasteiger partial charge in [-0.25, -0.2) is 4.98 Å². The molecular weight excluding hydrogens is 316 g/mol. The quantitative estimate of drug-likeness (QED) is 0.660. The van der Waals surface area contributed by atoms with Crippen molar-refractivity contribution in [3.63, 3.8) is 0 Å². The molecule has 0 saturated carbocycles. The summed E-state index contributed by atoms with van der Waals surface area (Å²) in [6.07, 6.45) is 0.948. The summed E-state index contributed by atoms with van der Waals surface area (Å²) in [5, 5.41) is 9.76. The number of aromatic nitrogens is 2. The second-order valence-electron chi connectivity index (χ2n) is 5.54. The Labute approximate surface area is 137 Å². The van der Waals surface area contributed by atoms with Crippen molar-refractivity contribution in [3.05, 3.63) is 34.6 Å². The Bertz CT molecular complexity index is 789. The van der Waals surface area contributed by atoms with Crippen molar-refractivity contribution >= 4 is 28.6 Å². The molecule has 0 aliphatic carbocycles. The van der Waals surface area contributed by atoms with E-state index in [1.165, 1.54) is 11.8 Å². The Morgan fingerprint density at radius 2 is 2.17 bits per heavy atom. The normalized spacial score (nSPS) is 20.9. The average molecular weight is 334 g/mol. The maximum atomic E-state index is 12.7. The first-order chi connectivity index (χ1) is 11.1. The number of esters is 1. The third kappa shape index (κ3) is 3.25. The highest BCUT2D eigenvalue weighted by Gasteiger charge is 2.34. The fraction of sp³-hybridized carbons (Fsp3) is 0.438. The first-order valence-electron chi connectivity index (χ1n) is 7.57.